The van der Waals surface area contributed by atoms with E-state index in [1.165, 1.54) is 6.08 Å². The van der Waals surface area contributed by atoms with Crippen LogP contribution in [0.5, 0.6) is 5.75 Å². The number of carbonyl (C=O) groups is 1. The Labute approximate surface area is 174 Å². The second-order valence-corrected chi connectivity index (χ2v) is 6.81. The summed E-state index contributed by atoms with van der Waals surface area (Å²) in [6.07, 6.45) is 3.31. The van der Waals surface area contributed by atoms with Crippen LogP contribution in [0.4, 0.5) is 5.69 Å². The largest absolute Gasteiger partial charge is 0.494 e. The molecule has 0 spiro atoms. The van der Waals surface area contributed by atoms with Gasteiger partial charge < -0.3 is 10.1 Å². The first-order valence-electron chi connectivity index (χ1n) is 9.77. The molecule has 3 aromatic carbocycles. The van der Waals surface area contributed by atoms with Crippen LogP contribution in [-0.4, -0.2) is 27.5 Å². The molecule has 1 heterocycles. The average Bonchev–Trinajstić information content (AvgIpc) is 3.17. The van der Waals surface area contributed by atoms with E-state index in [-0.39, 0.29) is 5.91 Å². The summed E-state index contributed by atoms with van der Waals surface area (Å²) in [5, 5.41) is 12.0. The van der Waals surface area contributed by atoms with Gasteiger partial charge in [0.1, 0.15) is 16.8 Å². The number of aryl methyl sites for hydroxylation is 1. The fraction of sp³-hybridized carbons (Fsp3) is 0.125. The molecular formula is C24H22N4O2. The lowest BCUT2D eigenvalue weighted by molar-refractivity contribution is -0.111. The number of hydrogen-bond acceptors (Lipinski definition) is 4. The molecule has 0 fully saturated rings. The molecule has 0 radical (unpaired) electrons. The molecule has 4 rings (SSSR count). The Morgan fingerprint density at radius 1 is 1.03 bits per heavy atom. The second-order valence-electron chi connectivity index (χ2n) is 6.81. The molecule has 0 saturated heterocycles. The number of ether oxygens (including phenoxy) is 1. The Morgan fingerprint density at radius 2 is 1.73 bits per heavy atom. The fourth-order valence-corrected chi connectivity index (χ4v) is 3.07. The van der Waals surface area contributed by atoms with Crippen LogP contribution < -0.4 is 10.1 Å². The zero-order chi connectivity index (χ0) is 20.9. The van der Waals surface area contributed by atoms with Crippen molar-refractivity contribution in [3.63, 3.8) is 0 Å². The van der Waals surface area contributed by atoms with Crippen molar-refractivity contribution < 1.29 is 9.53 Å². The predicted octanol–water partition coefficient (Wildman–Crippen LogP) is 4.78. The normalized spacial score (nSPS) is 11.1. The van der Waals surface area contributed by atoms with Crippen molar-refractivity contribution in [3.8, 4) is 11.4 Å². The minimum Gasteiger partial charge on any atom is -0.494 e. The van der Waals surface area contributed by atoms with E-state index in [9.17, 15) is 4.79 Å². The standard InChI is InChI=1S/C24H22N4O2/c1-3-30-20-12-10-19(11-13-20)28-26-22-15-17(2)21(16-23(22)27-28)25-24(29)14-9-18-7-5-4-6-8-18/h4-16H,3H2,1-2H3,(H,25,29)/b14-9+. The van der Waals surface area contributed by atoms with Crippen molar-refractivity contribution in [2.24, 2.45) is 0 Å². The summed E-state index contributed by atoms with van der Waals surface area (Å²) in [4.78, 5) is 13.9. The maximum atomic E-state index is 12.3. The van der Waals surface area contributed by atoms with Gasteiger partial charge in [-0.2, -0.15) is 4.80 Å². The molecule has 0 saturated carbocycles. The monoisotopic (exact) mass is 398 g/mol. The second kappa shape index (κ2) is 8.61. The van der Waals surface area contributed by atoms with Gasteiger partial charge in [-0.05, 0) is 67.4 Å². The first-order valence-corrected chi connectivity index (χ1v) is 9.77. The highest BCUT2D eigenvalue weighted by Crippen LogP contribution is 2.23. The van der Waals surface area contributed by atoms with Crippen molar-refractivity contribution in [1.82, 2.24) is 15.0 Å². The summed E-state index contributed by atoms with van der Waals surface area (Å²) in [5.74, 6) is 0.613. The minimum absolute atomic E-state index is 0.194. The number of nitrogens with one attached hydrogen (secondary N) is 1. The Morgan fingerprint density at radius 3 is 2.43 bits per heavy atom. The van der Waals surface area contributed by atoms with Crippen LogP contribution >= 0.6 is 0 Å². The first-order chi connectivity index (χ1) is 14.6. The highest BCUT2D eigenvalue weighted by atomic mass is 16.5. The van der Waals surface area contributed by atoms with Crippen molar-refractivity contribution >= 4 is 28.7 Å². The van der Waals surface area contributed by atoms with Gasteiger partial charge in [-0.15, -0.1) is 10.2 Å². The molecule has 30 heavy (non-hydrogen) atoms. The van der Waals surface area contributed by atoms with Gasteiger partial charge >= 0.3 is 0 Å². The van der Waals surface area contributed by atoms with Gasteiger partial charge in [-0.1, -0.05) is 30.3 Å². The molecule has 6 nitrogen and oxygen atoms in total. The first kappa shape index (κ1) is 19.4. The number of amides is 1. The minimum atomic E-state index is -0.194. The number of nitrogens with zero attached hydrogens (tertiary/aromatic N) is 3. The van der Waals surface area contributed by atoms with E-state index in [1.54, 1.807) is 10.9 Å². The molecule has 0 bridgehead atoms. The predicted molar refractivity (Wildman–Crippen MR) is 119 cm³/mol. The van der Waals surface area contributed by atoms with Crippen molar-refractivity contribution in [2.75, 3.05) is 11.9 Å². The Hall–Kier alpha value is -3.93. The third-order valence-corrected chi connectivity index (χ3v) is 4.59. The Balaban J connectivity index is 1.54. The van der Waals surface area contributed by atoms with E-state index in [4.69, 9.17) is 4.74 Å². The van der Waals surface area contributed by atoms with Gasteiger partial charge in [0.05, 0.1) is 12.3 Å². The third kappa shape index (κ3) is 4.38. The number of rotatable bonds is 6. The van der Waals surface area contributed by atoms with Crippen LogP contribution in [-0.2, 0) is 4.79 Å². The maximum absolute atomic E-state index is 12.3. The van der Waals surface area contributed by atoms with Crippen LogP contribution in [0, 0.1) is 6.92 Å². The SMILES string of the molecule is CCOc1ccc(-n2nc3cc(C)c(NC(=O)/C=C/c4ccccc4)cc3n2)cc1. The lowest BCUT2D eigenvalue weighted by Gasteiger charge is -2.05. The number of fused-ring (bicyclic) bond motifs is 1. The molecule has 1 aromatic heterocycles. The molecule has 4 aromatic rings. The van der Waals surface area contributed by atoms with Crippen molar-refractivity contribution in [2.45, 2.75) is 13.8 Å². The molecule has 0 aliphatic heterocycles. The zero-order valence-corrected chi connectivity index (χ0v) is 16.9. The quantitative estimate of drug-likeness (QED) is 0.475. The van der Waals surface area contributed by atoms with Crippen molar-refractivity contribution in [3.05, 3.63) is 83.9 Å². The Bertz CT molecular complexity index is 1200. The molecule has 1 amide bonds. The van der Waals surface area contributed by atoms with E-state index < -0.39 is 0 Å². The van der Waals surface area contributed by atoms with Crippen LogP contribution in [0.25, 0.3) is 22.8 Å². The van der Waals surface area contributed by atoms with E-state index in [2.05, 4.69) is 15.5 Å². The summed E-state index contributed by atoms with van der Waals surface area (Å²) >= 11 is 0. The summed E-state index contributed by atoms with van der Waals surface area (Å²) < 4.78 is 5.48. The fourth-order valence-electron chi connectivity index (χ4n) is 3.07. The van der Waals surface area contributed by atoms with Gasteiger partial charge in [0.25, 0.3) is 0 Å². The van der Waals surface area contributed by atoms with Crippen LogP contribution in [0.3, 0.4) is 0 Å². The zero-order valence-electron chi connectivity index (χ0n) is 16.9. The van der Waals surface area contributed by atoms with E-state index >= 15 is 0 Å². The summed E-state index contributed by atoms with van der Waals surface area (Å²) in [5.41, 5.74) is 4.91. The molecule has 0 unspecified atom stereocenters. The summed E-state index contributed by atoms with van der Waals surface area (Å²) in [6.45, 7) is 4.51. The maximum Gasteiger partial charge on any atom is 0.248 e. The third-order valence-electron chi connectivity index (χ3n) is 4.59. The molecule has 0 atom stereocenters. The smallest absolute Gasteiger partial charge is 0.248 e. The molecule has 0 aliphatic carbocycles. The van der Waals surface area contributed by atoms with E-state index in [1.807, 2.05) is 80.6 Å². The number of aromatic nitrogens is 3. The van der Waals surface area contributed by atoms with Crippen LogP contribution in [0.1, 0.15) is 18.1 Å². The summed E-state index contributed by atoms with van der Waals surface area (Å²) in [7, 11) is 0. The molecular weight excluding hydrogens is 376 g/mol. The Kier molecular flexibility index (Phi) is 5.57. The van der Waals surface area contributed by atoms with Crippen molar-refractivity contribution in [1.29, 1.82) is 0 Å². The number of anilines is 1. The van der Waals surface area contributed by atoms with Crippen LogP contribution in [0.2, 0.25) is 0 Å². The highest BCUT2D eigenvalue weighted by Gasteiger charge is 2.10. The number of benzene rings is 3. The van der Waals surface area contributed by atoms with Gasteiger partial charge in [0, 0.05) is 11.8 Å². The molecule has 6 heteroatoms. The number of hydrogen-bond donors (Lipinski definition) is 1. The average molecular weight is 398 g/mol. The molecule has 150 valence electrons. The van der Waals surface area contributed by atoms with Gasteiger partial charge in [0.2, 0.25) is 5.91 Å². The van der Waals surface area contributed by atoms with Gasteiger partial charge in [0.15, 0.2) is 0 Å². The topological polar surface area (TPSA) is 69.0 Å². The van der Waals surface area contributed by atoms with Gasteiger partial charge in [-0.3, -0.25) is 4.79 Å². The van der Waals surface area contributed by atoms with Gasteiger partial charge in [-0.25, -0.2) is 0 Å². The molecule has 1 N–H and O–H groups in total. The highest BCUT2D eigenvalue weighted by molar-refractivity contribution is 6.03. The molecule has 0 aliphatic rings. The van der Waals surface area contributed by atoms with Crippen LogP contribution in [0.15, 0.2) is 72.8 Å². The summed E-state index contributed by atoms with van der Waals surface area (Å²) in [6, 6.07) is 21.1. The lowest BCUT2D eigenvalue weighted by Crippen LogP contribution is -2.08. The number of carbonyl (C=O) groups excluding carboxylic acids is 1. The lowest BCUT2D eigenvalue weighted by atomic mass is 10.1. The van der Waals surface area contributed by atoms with E-state index in [0.29, 0.717) is 17.8 Å². The van der Waals surface area contributed by atoms with E-state index in [0.717, 1.165) is 28.1 Å².